The van der Waals surface area contributed by atoms with Gasteiger partial charge in [-0.25, -0.2) is 9.18 Å². The van der Waals surface area contributed by atoms with Gasteiger partial charge in [-0.15, -0.1) is 0 Å². The molecule has 0 bridgehead atoms. The lowest BCUT2D eigenvalue weighted by Gasteiger charge is -2.36. The number of benzene rings is 2. The number of amides is 3. The van der Waals surface area contributed by atoms with E-state index in [0.29, 0.717) is 36.3 Å². The molecule has 0 atom stereocenters. The molecular weight excluding hydrogens is 423 g/mol. The number of pyridine rings is 1. The van der Waals surface area contributed by atoms with Crippen LogP contribution in [0.2, 0.25) is 0 Å². The van der Waals surface area contributed by atoms with Crippen molar-refractivity contribution in [1.29, 1.82) is 0 Å². The summed E-state index contributed by atoms with van der Waals surface area (Å²) in [5.41, 5.74) is 2.37. The summed E-state index contributed by atoms with van der Waals surface area (Å²) in [4.78, 5) is 28.6. The van der Waals surface area contributed by atoms with Gasteiger partial charge in [-0.3, -0.25) is 4.79 Å². The van der Waals surface area contributed by atoms with Crippen LogP contribution in [0, 0.1) is 11.0 Å². The first kappa shape index (κ1) is 22.3. The van der Waals surface area contributed by atoms with Crippen molar-refractivity contribution in [2.75, 3.05) is 25.5 Å². The van der Waals surface area contributed by atoms with Crippen molar-refractivity contribution in [2.45, 2.75) is 18.9 Å². The smallest absolute Gasteiger partial charge is 0.321 e. The molecule has 3 aromatic rings. The summed E-state index contributed by atoms with van der Waals surface area (Å²) in [5, 5.41) is 14.7. The molecule has 1 fully saturated rings. The molecule has 1 aliphatic rings. The van der Waals surface area contributed by atoms with E-state index in [1.165, 1.54) is 24.4 Å². The summed E-state index contributed by atoms with van der Waals surface area (Å²) < 4.78 is 14.0. The van der Waals surface area contributed by atoms with Crippen LogP contribution in [-0.2, 0) is 0 Å². The fourth-order valence-corrected chi connectivity index (χ4v) is 4.00. The van der Waals surface area contributed by atoms with Gasteiger partial charge >= 0.3 is 11.9 Å². The monoisotopic (exact) mass is 448 g/mol. The van der Waals surface area contributed by atoms with Crippen LogP contribution in [-0.4, -0.2) is 47.9 Å². The second-order valence-corrected chi connectivity index (χ2v) is 8.06. The Balaban J connectivity index is 1.32. The molecule has 1 aromatic heterocycles. The van der Waals surface area contributed by atoms with Crippen LogP contribution in [0.4, 0.5) is 14.9 Å². The predicted molar refractivity (Wildman–Crippen MR) is 123 cm³/mol. The summed E-state index contributed by atoms with van der Waals surface area (Å²) in [6.45, 7) is 0.941. The number of carbonyl (C=O) groups is 2. The number of anilines is 1. The van der Waals surface area contributed by atoms with Crippen LogP contribution in [0.3, 0.4) is 0 Å². The van der Waals surface area contributed by atoms with Crippen LogP contribution in [0.25, 0.3) is 11.1 Å². The Morgan fingerprint density at radius 1 is 1.03 bits per heavy atom. The molecular formula is C25H25FN4O3. The van der Waals surface area contributed by atoms with Crippen molar-refractivity contribution in [3.8, 4) is 11.1 Å². The first-order valence-electron chi connectivity index (χ1n) is 10.8. The normalized spacial score (nSPS) is 14.1. The minimum atomic E-state index is -0.297. The number of nitrogens with one attached hydrogen (secondary N) is 1. The van der Waals surface area contributed by atoms with Gasteiger partial charge in [0, 0.05) is 44.0 Å². The molecule has 2 heterocycles. The van der Waals surface area contributed by atoms with E-state index in [-0.39, 0.29) is 29.5 Å². The number of likely N-dealkylation sites (tertiary alicyclic amines) is 1. The molecule has 33 heavy (non-hydrogen) atoms. The summed E-state index contributed by atoms with van der Waals surface area (Å²) in [7, 11) is 1.74. The first-order chi connectivity index (χ1) is 15.9. The molecule has 8 heteroatoms. The van der Waals surface area contributed by atoms with Crippen molar-refractivity contribution in [3.05, 3.63) is 89.6 Å². The SMILES string of the molecule is CN(C(=O)Nc1ccc(-c2cccc(F)c2)cc1)C1CCN(C(=O)c2cccc[n+]2[O-])CC1. The van der Waals surface area contributed by atoms with Crippen molar-refractivity contribution < 1.29 is 18.7 Å². The highest BCUT2D eigenvalue weighted by Gasteiger charge is 2.30. The number of carbonyl (C=O) groups excluding carboxylic acids is 2. The van der Waals surface area contributed by atoms with Gasteiger partial charge in [0.15, 0.2) is 6.20 Å². The molecule has 0 radical (unpaired) electrons. The molecule has 0 unspecified atom stereocenters. The lowest BCUT2D eigenvalue weighted by atomic mass is 10.0. The maximum Gasteiger partial charge on any atom is 0.321 e. The maximum atomic E-state index is 13.4. The van der Waals surface area contributed by atoms with Crippen LogP contribution >= 0.6 is 0 Å². The molecule has 0 spiro atoms. The summed E-state index contributed by atoms with van der Waals surface area (Å²) in [6.07, 6.45) is 2.56. The summed E-state index contributed by atoms with van der Waals surface area (Å²) in [5.74, 6) is -0.593. The van der Waals surface area contributed by atoms with Crippen LogP contribution in [0.15, 0.2) is 72.9 Å². The van der Waals surface area contributed by atoms with E-state index in [2.05, 4.69) is 5.32 Å². The van der Waals surface area contributed by atoms with E-state index in [0.717, 1.165) is 11.1 Å². The molecule has 170 valence electrons. The molecule has 1 aliphatic heterocycles. The minimum absolute atomic E-state index is 0.0178. The Hall–Kier alpha value is -3.94. The second-order valence-electron chi connectivity index (χ2n) is 8.06. The van der Waals surface area contributed by atoms with Gasteiger partial charge in [0.1, 0.15) is 5.82 Å². The summed E-state index contributed by atoms with van der Waals surface area (Å²) in [6, 6.07) is 18.1. The van der Waals surface area contributed by atoms with E-state index >= 15 is 0 Å². The third kappa shape index (κ3) is 5.11. The van der Waals surface area contributed by atoms with Crippen LogP contribution in [0.1, 0.15) is 23.3 Å². The average molecular weight is 448 g/mol. The molecule has 4 rings (SSSR count). The number of rotatable bonds is 4. The van der Waals surface area contributed by atoms with Crippen molar-refractivity contribution >= 4 is 17.6 Å². The maximum absolute atomic E-state index is 13.4. The van der Waals surface area contributed by atoms with E-state index in [4.69, 9.17) is 0 Å². The number of hydrogen-bond acceptors (Lipinski definition) is 3. The fourth-order valence-electron chi connectivity index (χ4n) is 4.00. The van der Waals surface area contributed by atoms with E-state index < -0.39 is 0 Å². The topological polar surface area (TPSA) is 79.6 Å². The zero-order valence-corrected chi connectivity index (χ0v) is 18.3. The second kappa shape index (κ2) is 9.68. The highest BCUT2D eigenvalue weighted by Crippen LogP contribution is 2.23. The highest BCUT2D eigenvalue weighted by molar-refractivity contribution is 5.91. The largest absolute Gasteiger partial charge is 0.618 e. The quantitative estimate of drug-likeness (QED) is 0.486. The van der Waals surface area contributed by atoms with Crippen molar-refractivity contribution in [1.82, 2.24) is 9.80 Å². The Kier molecular flexibility index (Phi) is 6.53. The Morgan fingerprint density at radius 3 is 2.42 bits per heavy atom. The van der Waals surface area contributed by atoms with E-state index in [1.54, 1.807) is 47.2 Å². The molecule has 0 saturated carbocycles. The number of nitrogens with zero attached hydrogens (tertiary/aromatic N) is 3. The number of aromatic nitrogens is 1. The van der Waals surface area contributed by atoms with Gasteiger partial charge in [-0.05, 0) is 54.3 Å². The lowest BCUT2D eigenvalue weighted by molar-refractivity contribution is -0.608. The van der Waals surface area contributed by atoms with Gasteiger partial charge in [-0.2, -0.15) is 4.73 Å². The minimum Gasteiger partial charge on any atom is -0.618 e. The number of piperidine rings is 1. The van der Waals surface area contributed by atoms with Crippen molar-refractivity contribution in [2.24, 2.45) is 0 Å². The number of halogens is 1. The third-order valence-corrected chi connectivity index (χ3v) is 5.96. The molecule has 3 amide bonds. The number of hydrogen-bond donors (Lipinski definition) is 1. The molecule has 2 aromatic carbocycles. The first-order valence-corrected chi connectivity index (χ1v) is 10.8. The van der Waals surface area contributed by atoms with Crippen LogP contribution < -0.4 is 10.0 Å². The molecule has 1 saturated heterocycles. The zero-order valence-electron chi connectivity index (χ0n) is 18.3. The van der Waals surface area contributed by atoms with E-state index in [1.807, 2.05) is 18.2 Å². The van der Waals surface area contributed by atoms with E-state index in [9.17, 15) is 19.2 Å². The van der Waals surface area contributed by atoms with Gasteiger partial charge in [0.25, 0.3) is 5.69 Å². The average Bonchev–Trinajstić information content (AvgIpc) is 2.84. The molecule has 7 nitrogen and oxygen atoms in total. The van der Waals surface area contributed by atoms with Gasteiger partial charge in [-0.1, -0.05) is 24.3 Å². The number of urea groups is 1. The molecule has 1 N–H and O–H groups in total. The lowest BCUT2D eigenvalue weighted by Crippen LogP contribution is -2.50. The standard InChI is InChI=1S/C25H25FN4O3/c1-28(22-12-15-29(16-13-22)24(31)23-7-2-3-14-30(23)33)25(32)27-21-10-8-18(9-11-21)19-5-4-6-20(26)17-19/h2-11,14,17,22H,12-13,15-16H2,1H3,(H,27,32). The summed E-state index contributed by atoms with van der Waals surface area (Å²) >= 11 is 0. The molecule has 0 aliphatic carbocycles. The predicted octanol–water partition coefficient (Wildman–Crippen LogP) is 3.89. The van der Waals surface area contributed by atoms with Gasteiger partial charge in [0.2, 0.25) is 0 Å². The van der Waals surface area contributed by atoms with Crippen molar-refractivity contribution in [3.63, 3.8) is 0 Å². The Morgan fingerprint density at radius 2 is 1.76 bits per heavy atom. The zero-order chi connectivity index (χ0) is 23.4. The van der Waals surface area contributed by atoms with Gasteiger partial charge < -0.3 is 20.3 Å². The Bertz CT molecular complexity index is 1140. The van der Waals surface area contributed by atoms with Crippen LogP contribution in [0.5, 0.6) is 0 Å². The Labute approximate surface area is 191 Å². The fraction of sp³-hybridized carbons (Fsp3) is 0.240. The van der Waals surface area contributed by atoms with Gasteiger partial charge in [0.05, 0.1) is 0 Å². The third-order valence-electron chi connectivity index (χ3n) is 5.96. The highest BCUT2D eigenvalue weighted by atomic mass is 19.1.